The van der Waals surface area contributed by atoms with Gasteiger partial charge in [0, 0.05) is 12.8 Å². The summed E-state index contributed by atoms with van der Waals surface area (Å²) in [5.41, 5.74) is 0. The zero-order chi connectivity index (χ0) is 52.2. The van der Waals surface area contributed by atoms with Gasteiger partial charge in [0.15, 0.2) is 0 Å². The molecule has 0 spiro atoms. The number of carbonyl (C=O) groups is 2. The van der Waals surface area contributed by atoms with Gasteiger partial charge in [0.25, 0.3) is 0 Å². The van der Waals surface area contributed by atoms with Crippen molar-refractivity contribution in [1.82, 2.24) is 5.32 Å². The second-order valence-electron chi connectivity index (χ2n) is 22.5. The Morgan fingerprint density at radius 2 is 0.653 bits per heavy atom. The van der Waals surface area contributed by atoms with Gasteiger partial charge in [0.05, 0.1) is 25.4 Å². The molecule has 0 aromatic carbocycles. The average molecular weight is 1010 g/mol. The molecule has 2 unspecified atom stereocenters. The molecule has 0 saturated heterocycles. The van der Waals surface area contributed by atoms with Crippen molar-refractivity contribution in [2.45, 2.75) is 373 Å². The van der Waals surface area contributed by atoms with Crippen LogP contribution in [0.3, 0.4) is 0 Å². The highest BCUT2D eigenvalue weighted by molar-refractivity contribution is 5.76. The molecule has 0 saturated carbocycles. The van der Waals surface area contributed by atoms with E-state index in [9.17, 15) is 19.8 Å². The van der Waals surface area contributed by atoms with Gasteiger partial charge in [-0.2, -0.15) is 0 Å². The molecule has 0 aromatic rings. The van der Waals surface area contributed by atoms with Gasteiger partial charge in [0.2, 0.25) is 5.91 Å². The summed E-state index contributed by atoms with van der Waals surface area (Å²) in [6.45, 7) is 4.92. The third kappa shape index (κ3) is 57.6. The first-order valence-electron chi connectivity index (χ1n) is 32.6. The minimum absolute atomic E-state index is 0.0130. The van der Waals surface area contributed by atoms with E-state index in [4.69, 9.17) is 4.74 Å². The van der Waals surface area contributed by atoms with Crippen molar-refractivity contribution in [3.63, 3.8) is 0 Å². The Hall–Kier alpha value is -1.66. The first-order chi connectivity index (χ1) is 35.5. The first kappa shape index (κ1) is 70.3. The van der Waals surface area contributed by atoms with E-state index in [1.165, 1.54) is 289 Å². The molecule has 0 aliphatic heterocycles. The Kier molecular flexibility index (Phi) is 60.5. The Balaban J connectivity index is 3.35. The smallest absolute Gasteiger partial charge is 0.305 e. The third-order valence-corrected chi connectivity index (χ3v) is 15.2. The van der Waals surface area contributed by atoms with Gasteiger partial charge < -0.3 is 20.3 Å². The molecule has 0 aliphatic carbocycles. The number of amides is 1. The van der Waals surface area contributed by atoms with Gasteiger partial charge in [-0.1, -0.05) is 314 Å². The van der Waals surface area contributed by atoms with E-state index in [-0.39, 0.29) is 18.5 Å². The number of unbranched alkanes of at least 4 members (excludes halogenated alkanes) is 48. The number of carbonyl (C=O) groups excluding carboxylic acids is 2. The minimum atomic E-state index is -0.842. The molecule has 0 fully saturated rings. The quantitative estimate of drug-likeness (QED) is 0.0320. The van der Waals surface area contributed by atoms with Crippen LogP contribution in [-0.2, 0) is 14.3 Å². The van der Waals surface area contributed by atoms with Gasteiger partial charge in [-0.15, -0.1) is 0 Å². The molecule has 2 atom stereocenters. The van der Waals surface area contributed by atoms with Gasteiger partial charge in [-0.05, 0) is 57.8 Å². The molecule has 3 N–H and O–H groups in total. The van der Waals surface area contributed by atoms with Crippen molar-refractivity contribution >= 4 is 11.9 Å². The monoisotopic (exact) mass is 1010 g/mol. The number of nitrogens with one attached hydrogen (secondary N) is 1. The fraction of sp³-hybridized carbons (Fsp3) is 0.909. The molecule has 72 heavy (non-hydrogen) atoms. The molecule has 0 aromatic heterocycles. The number of rotatable bonds is 61. The lowest BCUT2D eigenvalue weighted by atomic mass is 10.0. The molecular formula is C66H127NO5. The molecule has 6 heteroatoms. The second-order valence-corrected chi connectivity index (χ2v) is 22.5. The van der Waals surface area contributed by atoms with Crippen molar-refractivity contribution in [3.05, 3.63) is 24.3 Å². The van der Waals surface area contributed by atoms with Crippen LogP contribution in [0.1, 0.15) is 361 Å². The van der Waals surface area contributed by atoms with Gasteiger partial charge in [-0.3, -0.25) is 9.59 Å². The second kappa shape index (κ2) is 61.9. The minimum Gasteiger partial charge on any atom is -0.466 e. The van der Waals surface area contributed by atoms with Gasteiger partial charge in [-0.25, -0.2) is 0 Å². The standard InChI is InChI=1S/C66H127NO5/c1-3-5-7-9-11-13-15-17-18-28-32-36-40-44-48-52-56-60-66(71)72-61-57-53-49-45-41-37-33-30-27-25-23-21-19-20-22-24-26-29-31-35-39-43-47-51-55-59-65(70)67-63(62-68)64(69)58-54-50-46-42-38-34-16-14-12-10-8-6-4-2/h17-18,54,58,63-64,68-69H,3-16,19-53,55-57,59-62H2,1-2H3,(H,67,70)/b18-17-,58-54+. The van der Waals surface area contributed by atoms with Crippen LogP contribution < -0.4 is 5.32 Å². The zero-order valence-electron chi connectivity index (χ0n) is 48.7. The first-order valence-corrected chi connectivity index (χ1v) is 32.6. The molecule has 0 aliphatic rings. The topological polar surface area (TPSA) is 95.9 Å². The summed E-state index contributed by atoms with van der Waals surface area (Å²) in [5, 5.41) is 23.1. The van der Waals surface area contributed by atoms with Crippen LogP contribution in [0.2, 0.25) is 0 Å². The molecule has 6 nitrogen and oxygen atoms in total. The van der Waals surface area contributed by atoms with E-state index in [0.717, 1.165) is 44.9 Å². The average Bonchev–Trinajstić information content (AvgIpc) is 3.38. The number of ether oxygens (including phenoxy) is 1. The Morgan fingerprint density at radius 1 is 0.375 bits per heavy atom. The lowest BCUT2D eigenvalue weighted by molar-refractivity contribution is -0.143. The summed E-state index contributed by atoms with van der Waals surface area (Å²) in [6, 6.07) is -0.625. The number of hydrogen-bond donors (Lipinski definition) is 3. The lowest BCUT2D eigenvalue weighted by Crippen LogP contribution is -2.45. The molecule has 0 rings (SSSR count). The van der Waals surface area contributed by atoms with Crippen LogP contribution in [0.25, 0.3) is 0 Å². The van der Waals surface area contributed by atoms with E-state index < -0.39 is 12.1 Å². The van der Waals surface area contributed by atoms with Crippen LogP contribution >= 0.6 is 0 Å². The van der Waals surface area contributed by atoms with Crippen LogP contribution in [-0.4, -0.2) is 47.4 Å². The zero-order valence-corrected chi connectivity index (χ0v) is 48.7. The summed E-state index contributed by atoms with van der Waals surface area (Å²) >= 11 is 0. The SMILES string of the molecule is CCCCCCCC/C=C\CCCCCCCCCC(=O)OCCCCCCCCCCCCCCCCCCCCCCCCCCCC(=O)NC(CO)C(O)/C=C/CCCCCCCCCCCCC. The Labute approximate surface area is 450 Å². The van der Waals surface area contributed by atoms with Crippen LogP contribution in [0, 0.1) is 0 Å². The predicted molar refractivity (Wildman–Crippen MR) is 315 cm³/mol. The van der Waals surface area contributed by atoms with E-state index in [1.54, 1.807) is 6.08 Å². The highest BCUT2D eigenvalue weighted by Gasteiger charge is 2.18. The maximum atomic E-state index is 12.5. The maximum absolute atomic E-state index is 12.5. The van der Waals surface area contributed by atoms with Crippen LogP contribution in [0.15, 0.2) is 24.3 Å². The molecule has 0 bridgehead atoms. The van der Waals surface area contributed by atoms with E-state index in [2.05, 4.69) is 31.3 Å². The highest BCUT2D eigenvalue weighted by Crippen LogP contribution is 2.18. The number of esters is 1. The molecule has 0 radical (unpaired) electrons. The van der Waals surface area contributed by atoms with E-state index in [1.807, 2.05) is 6.08 Å². The fourth-order valence-corrected chi connectivity index (χ4v) is 10.2. The number of allylic oxidation sites excluding steroid dienone is 3. The molecule has 426 valence electrons. The number of hydrogen-bond acceptors (Lipinski definition) is 5. The van der Waals surface area contributed by atoms with E-state index >= 15 is 0 Å². The summed E-state index contributed by atoms with van der Waals surface area (Å²) in [4.78, 5) is 24.5. The predicted octanol–water partition coefficient (Wildman–Crippen LogP) is 20.6. The van der Waals surface area contributed by atoms with Crippen molar-refractivity contribution < 1.29 is 24.5 Å². The molecule has 1 amide bonds. The molecular weight excluding hydrogens is 887 g/mol. The summed E-state index contributed by atoms with van der Waals surface area (Å²) in [7, 11) is 0. The Morgan fingerprint density at radius 3 is 0.986 bits per heavy atom. The van der Waals surface area contributed by atoms with Crippen molar-refractivity contribution in [2.75, 3.05) is 13.2 Å². The van der Waals surface area contributed by atoms with Crippen molar-refractivity contribution in [2.24, 2.45) is 0 Å². The van der Waals surface area contributed by atoms with Gasteiger partial charge in [0.1, 0.15) is 0 Å². The summed E-state index contributed by atoms with van der Waals surface area (Å²) < 4.78 is 5.50. The highest BCUT2D eigenvalue weighted by atomic mass is 16.5. The number of aliphatic hydroxyl groups is 2. The Bertz CT molecular complexity index is 1120. The fourth-order valence-electron chi connectivity index (χ4n) is 10.2. The third-order valence-electron chi connectivity index (χ3n) is 15.2. The normalized spacial score (nSPS) is 12.7. The van der Waals surface area contributed by atoms with Crippen LogP contribution in [0.5, 0.6) is 0 Å². The van der Waals surface area contributed by atoms with Gasteiger partial charge >= 0.3 is 5.97 Å². The molecule has 0 heterocycles. The number of aliphatic hydroxyl groups excluding tert-OH is 2. The summed E-state index contributed by atoms with van der Waals surface area (Å²) in [6.07, 6.45) is 76.6. The van der Waals surface area contributed by atoms with Crippen molar-refractivity contribution in [1.29, 1.82) is 0 Å². The van der Waals surface area contributed by atoms with E-state index in [0.29, 0.717) is 19.4 Å². The lowest BCUT2D eigenvalue weighted by Gasteiger charge is -2.20. The van der Waals surface area contributed by atoms with Crippen LogP contribution in [0.4, 0.5) is 0 Å². The largest absolute Gasteiger partial charge is 0.466 e. The summed E-state index contributed by atoms with van der Waals surface area (Å²) in [5.74, 6) is -0.0521. The van der Waals surface area contributed by atoms with Crippen molar-refractivity contribution in [3.8, 4) is 0 Å². The maximum Gasteiger partial charge on any atom is 0.305 e.